The van der Waals surface area contributed by atoms with E-state index in [1.54, 1.807) is 12.1 Å². The zero-order valence-electron chi connectivity index (χ0n) is 10.3. The van der Waals surface area contributed by atoms with Crippen LogP contribution in [-0.2, 0) is 16.5 Å². The molecule has 1 unspecified atom stereocenters. The number of aryl methyl sites for hydroxylation is 1. The number of hydrogen-bond acceptors (Lipinski definition) is 5. The number of aliphatic hydroxyl groups is 1. The van der Waals surface area contributed by atoms with Crippen molar-refractivity contribution in [3.05, 3.63) is 39.4 Å². The highest BCUT2D eigenvalue weighted by Gasteiger charge is 2.23. The molecule has 1 aliphatic carbocycles. The third-order valence-electron chi connectivity index (χ3n) is 2.76. The maximum atomic E-state index is 10.5. The highest BCUT2D eigenvalue weighted by Crippen LogP contribution is 2.34. The molecule has 2 N–H and O–H groups in total. The molecule has 0 aliphatic heterocycles. The third kappa shape index (κ3) is 4.93. The molecule has 0 aromatic heterocycles. The summed E-state index contributed by atoms with van der Waals surface area (Å²) in [4.78, 5) is 10.1. The molecule has 0 spiro atoms. The second kappa shape index (κ2) is 6.09. The topological polar surface area (TPSA) is 118 Å². The molecular formula is C11H15NO6S. The highest BCUT2D eigenvalue weighted by atomic mass is 32.2. The smallest absolute Gasteiger partial charge is 0.269 e. The molecular weight excluding hydrogens is 274 g/mol. The standard InChI is InChI=1S/C10H11NO3.CH4O3S/c12-6-8-2-1-7-3-4-9(11(13)14)5-10(7)8;1-5(2,3)4/h3-5,8,12H,1-2,6H2;1H3,(H,2,3,4). The van der Waals surface area contributed by atoms with Crippen molar-refractivity contribution in [3.8, 4) is 0 Å². The summed E-state index contributed by atoms with van der Waals surface area (Å²) in [7, 11) is -3.67. The van der Waals surface area contributed by atoms with E-state index in [-0.39, 0.29) is 18.2 Å². The average molecular weight is 289 g/mol. The summed E-state index contributed by atoms with van der Waals surface area (Å²) in [6.45, 7) is 0.0775. The molecule has 1 aromatic rings. The van der Waals surface area contributed by atoms with Gasteiger partial charge in [0.25, 0.3) is 15.8 Å². The third-order valence-corrected chi connectivity index (χ3v) is 2.76. The number of benzene rings is 1. The van der Waals surface area contributed by atoms with Crippen molar-refractivity contribution in [2.45, 2.75) is 18.8 Å². The van der Waals surface area contributed by atoms with Crippen LogP contribution in [0.2, 0.25) is 0 Å². The van der Waals surface area contributed by atoms with Gasteiger partial charge < -0.3 is 5.11 Å². The Morgan fingerprint density at radius 2 is 2.05 bits per heavy atom. The van der Waals surface area contributed by atoms with Crippen molar-refractivity contribution in [1.82, 2.24) is 0 Å². The van der Waals surface area contributed by atoms with Gasteiger partial charge >= 0.3 is 0 Å². The minimum Gasteiger partial charge on any atom is -0.396 e. The van der Waals surface area contributed by atoms with Gasteiger partial charge in [0.05, 0.1) is 11.2 Å². The van der Waals surface area contributed by atoms with E-state index in [0.29, 0.717) is 6.26 Å². The number of aliphatic hydroxyl groups excluding tert-OH is 1. The maximum Gasteiger partial charge on any atom is 0.269 e. The van der Waals surface area contributed by atoms with E-state index in [9.17, 15) is 18.5 Å². The zero-order valence-corrected chi connectivity index (χ0v) is 11.1. The van der Waals surface area contributed by atoms with Crippen LogP contribution in [0.25, 0.3) is 0 Å². The molecule has 2 rings (SSSR count). The van der Waals surface area contributed by atoms with Gasteiger partial charge in [0.1, 0.15) is 0 Å². The summed E-state index contributed by atoms with van der Waals surface area (Å²) in [6, 6.07) is 4.91. The zero-order chi connectivity index (χ0) is 14.6. The van der Waals surface area contributed by atoms with Crippen LogP contribution in [0.1, 0.15) is 23.5 Å². The van der Waals surface area contributed by atoms with Crippen LogP contribution in [0, 0.1) is 10.1 Å². The van der Waals surface area contributed by atoms with Crippen LogP contribution in [0.5, 0.6) is 0 Å². The van der Waals surface area contributed by atoms with Crippen molar-refractivity contribution >= 4 is 15.8 Å². The van der Waals surface area contributed by atoms with E-state index < -0.39 is 15.0 Å². The Labute approximate surface area is 110 Å². The molecule has 1 atom stereocenters. The van der Waals surface area contributed by atoms with Gasteiger partial charge in [-0.05, 0) is 24.0 Å². The minimum atomic E-state index is -3.67. The fraction of sp³-hybridized carbons (Fsp3) is 0.455. The largest absolute Gasteiger partial charge is 0.396 e. The Balaban J connectivity index is 0.000000312. The molecule has 0 fully saturated rings. The van der Waals surface area contributed by atoms with Gasteiger partial charge in [-0.15, -0.1) is 0 Å². The van der Waals surface area contributed by atoms with E-state index in [4.69, 9.17) is 9.66 Å². The molecule has 0 amide bonds. The number of rotatable bonds is 2. The summed E-state index contributed by atoms with van der Waals surface area (Å²) in [5, 5.41) is 19.6. The Hall–Kier alpha value is -1.51. The van der Waals surface area contributed by atoms with E-state index in [1.807, 2.05) is 0 Å². The molecule has 7 nitrogen and oxygen atoms in total. The summed E-state index contributed by atoms with van der Waals surface area (Å²) in [5.74, 6) is 0.0879. The fourth-order valence-electron chi connectivity index (χ4n) is 1.98. The first-order chi connectivity index (χ1) is 8.72. The van der Waals surface area contributed by atoms with Gasteiger partial charge in [-0.2, -0.15) is 8.42 Å². The molecule has 0 bridgehead atoms. The predicted molar refractivity (Wildman–Crippen MR) is 68.7 cm³/mol. The number of nitrogens with zero attached hydrogens (tertiary/aromatic N) is 1. The Bertz CT molecular complexity index is 561. The van der Waals surface area contributed by atoms with Crippen LogP contribution in [-0.4, -0.2) is 35.9 Å². The predicted octanol–water partition coefficient (Wildman–Crippen LogP) is 1.12. The molecule has 106 valence electrons. The molecule has 0 saturated carbocycles. The number of hydrogen-bond donors (Lipinski definition) is 2. The van der Waals surface area contributed by atoms with Crippen LogP contribution in [0.3, 0.4) is 0 Å². The Morgan fingerprint density at radius 3 is 2.53 bits per heavy atom. The second-order valence-corrected chi connectivity index (χ2v) is 5.76. The Morgan fingerprint density at radius 1 is 1.47 bits per heavy atom. The van der Waals surface area contributed by atoms with Gasteiger partial charge in [0, 0.05) is 24.7 Å². The fourth-order valence-corrected chi connectivity index (χ4v) is 1.98. The average Bonchev–Trinajstić information content (AvgIpc) is 2.68. The van der Waals surface area contributed by atoms with Crippen molar-refractivity contribution < 1.29 is 23.0 Å². The SMILES string of the molecule is CS(=O)(=O)O.O=[N+]([O-])c1ccc2c(c1)C(CO)CC2. The summed E-state index contributed by atoms with van der Waals surface area (Å²) in [5.41, 5.74) is 2.19. The van der Waals surface area contributed by atoms with E-state index >= 15 is 0 Å². The van der Waals surface area contributed by atoms with E-state index in [0.717, 1.165) is 24.0 Å². The van der Waals surface area contributed by atoms with Crippen LogP contribution in [0.15, 0.2) is 18.2 Å². The normalized spacial score (nSPS) is 17.3. The first-order valence-corrected chi connectivity index (χ1v) is 7.37. The number of nitro groups is 1. The lowest BCUT2D eigenvalue weighted by Crippen LogP contribution is -1.99. The quantitative estimate of drug-likeness (QED) is 0.478. The van der Waals surface area contributed by atoms with E-state index in [1.165, 1.54) is 6.07 Å². The van der Waals surface area contributed by atoms with Crippen LogP contribution >= 0.6 is 0 Å². The molecule has 0 heterocycles. The van der Waals surface area contributed by atoms with Crippen molar-refractivity contribution in [3.63, 3.8) is 0 Å². The first-order valence-electron chi connectivity index (χ1n) is 5.53. The number of fused-ring (bicyclic) bond motifs is 1. The molecule has 8 heteroatoms. The lowest BCUT2D eigenvalue weighted by molar-refractivity contribution is -0.384. The minimum absolute atomic E-state index is 0.0775. The van der Waals surface area contributed by atoms with Crippen molar-refractivity contribution in [1.29, 1.82) is 0 Å². The number of nitro benzene ring substituents is 1. The molecule has 1 aromatic carbocycles. The summed E-state index contributed by atoms with van der Waals surface area (Å²) >= 11 is 0. The van der Waals surface area contributed by atoms with Gasteiger partial charge in [-0.1, -0.05) is 6.07 Å². The Kier molecular flexibility index (Phi) is 4.98. The monoisotopic (exact) mass is 289 g/mol. The lowest BCUT2D eigenvalue weighted by atomic mass is 10.0. The maximum absolute atomic E-state index is 10.5. The van der Waals surface area contributed by atoms with Crippen LogP contribution < -0.4 is 0 Å². The summed E-state index contributed by atoms with van der Waals surface area (Å²) in [6.07, 6.45) is 2.53. The van der Waals surface area contributed by atoms with Gasteiger partial charge in [0.2, 0.25) is 0 Å². The number of non-ortho nitro benzene ring substituents is 1. The van der Waals surface area contributed by atoms with Crippen molar-refractivity contribution in [2.75, 3.05) is 12.9 Å². The highest BCUT2D eigenvalue weighted by molar-refractivity contribution is 7.85. The molecule has 0 saturated heterocycles. The van der Waals surface area contributed by atoms with Gasteiger partial charge in [-0.25, -0.2) is 0 Å². The van der Waals surface area contributed by atoms with Gasteiger partial charge in [-0.3, -0.25) is 14.7 Å². The lowest BCUT2D eigenvalue weighted by Gasteiger charge is -2.06. The van der Waals surface area contributed by atoms with Gasteiger partial charge in [0.15, 0.2) is 0 Å². The van der Waals surface area contributed by atoms with Crippen molar-refractivity contribution in [2.24, 2.45) is 0 Å². The first kappa shape index (κ1) is 15.5. The second-order valence-electron chi connectivity index (χ2n) is 4.29. The molecule has 19 heavy (non-hydrogen) atoms. The molecule has 0 radical (unpaired) electrons. The van der Waals surface area contributed by atoms with E-state index in [2.05, 4.69) is 0 Å². The summed E-state index contributed by atoms with van der Waals surface area (Å²) < 4.78 is 25.9. The van der Waals surface area contributed by atoms with Crippen LogP contribution in [0.4, 0.5) is 5.69 Å². The molecule has 1 aliphatic rings.